The first-order valence-electron chi connectivity index (χ1n) is 7.65. The minimum Gasteiger partial charge on any atom is -0.466 e. The van der Waals surface area contributed by atoms with Gasteiger partial charge in [-0.2, -0.15) is 0 Å². The summed E-state index contributed by atoms with van der Waals surface area (Å²) in [4.78, 5) is 36.4. The molecule has 23 heavy (non-hydrogen) atoms. The Morgan fingerprint density at radius 2 is 2.00 bits per heavy atom. The molecule has 7 nitrogen and oxygen atoms in total. The molecule has 0 saturated carbocycles. The van der Waals surface area contributed by atoms with E-state index in [1.807, 2.05) is 0 Å². The minimum atomic E-state index is -0.487. The summed E-state index contributed by atoms with van der Waals surface area (Å²) in [5, 5.41) is 11.0. The van der Waals surface area contributed by atoms with Crippen molar-refractivity contribution in [2.24, 2.45) is 5.92 Å². The summed E-state index contributed by atoms with van der Waals surface area (Å²) in [6.45, 7) is 4.60. The molecule has 0 aliphatic carbocycles. The summed E-state index contributed by atoms with van der Waals surface area (Å²) >= 11 is 0. The van der Waals surface area contributed by atoms with Gasteiger partial charge in [-0.05, 0) is 32.8 Å². The molecule has 1 aromatic carbocycles. The van der Waals surface area contributed by atoms with Gasteiger partial charge in [0.05, 0.1) is 17.4 Å². The van der Waals surface area contributed by atoms with Gasteiger partial charge in [-0.1, -0.05) is 6.07 Å². The second-order valence-electron chi connectivity index (χ2n) is 5.53. The van der Waals surface area contributed by atoms with Crippen molar-refractivity contribution in [3.8, 4) is 0 Å². The van der Waals surface area contributed by atoms with Crippen LogP contribution in [0.15, 0.2) is 18.2 Å². The molecule has 2 rings (SSSR count). The molecule has 1 aromatic rings. The third-order valence-corrected chi connectivity index (χ3v) is 4.13. The summed E-state index contributed by atoms with van der Waals surface area (Å²) < 4.78 is 5.01. The third kappa shape index (κ3) is 3.67. The van der Waals surface area contributed by atoms with Gasteiger partial charge < -0.3 is 9.64 Å². The van der Waals surface area contributed by atoms with Crippen LogP contribution in [0.1, 0.15) is 35.7 Å². The highest BCUT2D eigenvalue weighted by Crippen LogP contribution is 2.25. The lowest BCUT2D eigenvalue weighted by atomic mass is 9.96. The lowest BCUT2D eigenvalue weighted by molar-refractivity contribution is -0.385. The van der Waals surface area contributed by atoms with Gasteiger partial charge in [0.25, 0.3) is 11.6 Å². The number of ether oxygens (including phenoxy) is 1. The molecule has 1 fully saturated rings. The quantitative estimate of drug-likeness (QED) is 0.482. The van der Waals surface area contributed by atoms with Gasteiger partial charge in [-0.25, -0.2) is 0 Å². The Morgan fingerprint density at radius 3 is 2.57 bits per heavy atom. The first-order chi connectivity index (χ1) is 11.0. The highest BCUT2D eigenvalue weighted by atomic mass is 16.6. The van der Waals surface area contributed by atoms with Crippen molar-refractivity contribution < 1.29 is 19.2 Å². The van der Waals surface area contributed by atoms with Gasteiger partial charge in [0.1, 0.15) is 0 Å². The van der Waals surface area contributed by atoms with E-state index in [-0.39, 0.29) is 23.5 Å². The number of amides is 1. The maximum atomic E-state index is 12.6. The Kier molecular flexibility index (Phi) is 5.31. The molecule has 1 aliphatic rings. The minimum absolute atomic E-state index is 0.0581. The summed E-state index contributed by atoms with van der Waals surface area (Å²) in [7, 11) is 0. The number of nitro groups is 1. The number of hydrogen-bond donors (Lipinski definition) is 0. The predicted molar refractivity (Wildman–Crippen MR) is 83.1 cm³/mol. The number of hydrogen-bond acceptors (Lipinski definition) is 5. The summed E-state index contributed by atoms with van der Waals surface area (Å²) in [6, 6.07) is 4.50. The van der Waals surface area contributed by atoms with E-state index in [4.69, 9.17) is 4.74 Å². The Labute approximate surface area is 134 Å². The maximum absolute atomic E-state index is 12.6. The van der Waals surface area contributed by atoms with E-state index < -0.39 is 4.92 Å². The van der Waals surface area contributed by atoms with E-state index in [1.165, 1.54) is 12.1 Å². The van der Waals surface area contributed by atoms with Gasteiger partial charge in [0, 0.05) is 30.3 Å². The van der Waals surface area contributed by atoms with Crippen LogP contribution in [0.3, 0.4) is 0 Å². The van der Waals surface area contributed by atoms with E-state index >= 15 is 0 Å². The van der Waals surface area contributed by atoms with Gasteiger partial charge in [-0.15, -0.1) is 0 Å². The Morgan fingerprint density at radius 1 is 1.35 bits per heavy atom. The van der Waals surface area contributed by atoms with E-state index in [1.54, 1.807) is 24.8 Å². The smallest absolute Gasteiger partial charge is 0.309 e. The number of nitrogens with zero attached hydrogens (tertiary/aromatic N) is 2. The predicted octanol–water partition coefficient (Wildman–Crippen LogP) is 2.32. The number of carbonyl (C=O) groups excluding carboxylic acids is 2. The van der Waals surface area contributed by atoms with Crippen LogP contribution < -0.4 is 0 Å². The topological polar surface area (TPSA) is 89.8 Å². The molecule has 0 atom stereocenters. The molecule has 1 saturated heterocycles. The van der Waals surface area contributed by atoms with E-state index in [2.05, 4.69) is 0 Å². The molecule has 0 bridgehead atoms. The molecule has 124 valence electrons. The van der Waals surface area contributed by atoms with Crippen LogP contribution in [0.4, 0.5) is 5.69 Å². The maximum Gasteiger partial charge on any atom is 0.309 e. The number of piperidine rings is 1. The number of esters is 1. The molecule has 0 N–H and O–H groups in total. The van der Waals surface area contributed by atoms with Gasteiger partial charge in [0.15, 0.2) is 0 Å². The van der Waals surface area contributed by atoms with E-state index in [0.717, 1.165) is 0 Å². The molecular weight excluding hydrogens is 300 g/mol. The lowest BCUT2D eigenvalue weighted by Crippen LogP contribution is -2.40. The first kappa shape index (κ1) is 16.9. The second kappa shape index (κ2) is 7.21. The molecular formula is C16H20N2O5. The molecule has 0 unspecified atom stereocenters. The van der Waals surface area contributed by atoms with Gasteiger partial charge in [-0.3, -0.25) is 19.7 Å². The second-order valence-corrected chi connectivity index (χ2v) is 5.53. The summed E-state index contributed by atoms with van der Waals surface area (Å²) in [6.07, 6.45) is 1.11. The number of carbonyl (C=O) groups is 2. The normalized spacial score (nSPS) is 15.3. The molecule has 1 aliphatic heterocycles. The fourth-order valence-corrected chi connectivity index (χ4v) is 2.80. The van der Waals surface area contributed by atoms with Crippen molar-refractivity contribution in [2.75, 3.05) is 19.7 Å². The van der Waals surface area contributed by atoms with Crippen molar-refractivity contribution in [1.29, 1.82) is 0 Å². The van der Waals surface area contributed by atoms with Crippen molar-refractivity contribution in [3.05, 3.63) is 39.4 Å². The van der Waals surface area contributed by atoms with Crippen molar-refractivity contribution in [1.82, 2.24) is 4.90 Å². The third-order valence-electron chi connectivity index (χ3n) is 4.13. The van der Waals surface area contributed by atoms with Crippen LogP contribution in [0.25, 0.3) is 0 Å². The Balaban J connectivity index is 2.07. The molecule has 0 radical (unpaired) electrons. The largest absolute Gasteiger partial charge is 0.466 e. The highest BCUT2D eigenvalue weighted by Gasteiger charge is 2.30. The van der Waals surface area contributed by atoms with Crippen LogP contribution in [0.2, 0.25) is 0 Å². The van der Waals surface area contributed by atoms with E-state index in [9.17, 15) is 19.7 Å². The zero-order chi connectivity index (χ0) is 17.0. The SMILES string of the molecule is CCOC(=O)C1CCN(C(=O)c2cccc([N+](=O)[O-])c2C)CC1. The first-order valence-corrected chi connectivity index (χ1v) is 7.65. The van der Waals surface area contributed by atoms with Crippen molar-refractivity contribution in [3.63, 3.8) is 0 Å². The monoisotopic (exact) mass is 320 g/mol. The van der Waals surface area contributed by atoms with Crippen LogP contribution >= 0.6 is 0 Å². The fraction of sp³-hybridized carbons (Fsp3) is 0.500. The van der Waals surface area contributed by atoms with E-state index in [0.29, 0.717) is 43.7 Å². The molecule has 7 heteroatoms. The van der Waals surface area contributed by atoms with Crippen LogP contribution in [-0.4, -0.2) is 41.4 Å². The van der Waals surface area contributed by atoms with Gasteiger partial charge in [0.2, 0.25) is 0 Å². The number of benzene rings is 1. The van der Waals surface area contributed by atoms with Gasteiger partial charge >= 0.3 is 5.97 Å². The molecule has 1 amide bonds. The summed E-state index contributed by atoms with van der Waals surface area (Å²) in [5.41, 5.74) is 0.654. The average Bonchev–Trinajstić information content (AvgIpc) is 2.54. The zero-order valence-corrected chi connectivity index (χ0v) is 13.3. The highest BCUT2D eigenvalue weighted by molar-refractivity contribution is 5.96. The standard InChI is InChI=1S/C16H20N2O5/c1-3-23-16(20)12-7-9-17(10-8-12)15(19)13-5-4-6-14(11(13)2)18(21)22/h4-6,12H,3,7-10H2,1-2H3. The lowest BCUT2D eigenvalue weighted by Gasteiger charge is -2.31. The Bertz CT molecular complexity index is 621. The number of nitro benzene ring substituents is 1. The average molecular weight is 320 g/mol. The summed E-state index contributed by atoms with van der Waals surface area (Å²) in [5.74, 6) is -0.621. The fourth-order valence-electron chi connectivity index (χ4n) is 2.80. The molecule has 0 spiro atoms. The Hall–Kier alpha value is -2.44. The van der Waals surface area contributed by atoms with Crippen LogP contribution in [0, 0.1) is 23.0 Å². The van der Waals surface area contributed by atoms with Crippen molar-refractivity contribution >= 4 is 17.6 Å². The number of likely N-dealkylation sites (tertiary alicyclic amines) is 1. The number of rotatable bonds is 4. The zero-order valence-electron chi connectivity index (χ0n) is 13.3. The molecule has 1 heterocycles. The van der Waals surface area contributed by atoms with Crippen molar-refractivity contribution in [2.45, 2.75) is 26.7 Å². The van der Waals surface area contributed by atoms with Crippen LogP contribution in [-0.2, 0) is 9.53 Å². The van der Waals surface area contributed by atoms with Crippen LogP contribution in [0.5, 0.6) is 0 Å². The molecule has 0 aromatic heterocycles.